The van der Waals surface area contributed by atoms with E-state index in [1.807, 2.05) is 6.92 Å². The van der Waals surface area contributed by atoms with Crippen LogP contribution in [0.4, 0.5) is 4.79 Å². The van der Waals surface area contributed by atoms with Crippen molar-refractivity contribution >= 4 is 12.1 Å². The number of amides is 1. The van der Waals surface area contributed by atoms with Gasteiger partial charge in [0.25, 0.3) is 0 Å². The van der Waals surface area contributed by atoms with E-state index in [0.29, 0.717) is 0 Å². The first-order chi connectivity index (χ1) is 9.17. The molecule has 0 saturated heterocycles. The van der Waals surface area contributed by atoms with E-state index in [0.717, 1.165) is 19.3 Å². The zero-order valence-corrected chi connectivity index (χ0v) is 13.9. The Labute approximate surface area is 122 Å². The van der Waals surface area contributed by atoms with Crippen molar-refractivity contribution in [3.63, 3.8) is 0 Å². The number of ether oxygens (including phenoxy) is 2. The highest BCUT2D eigenvalue weighted by Crippen LogP contribution is 2.22. The molecule has 118 valence electrons. The molecule has 0 saturated carbocycles. The van der Waals surface area contributed by atoms with Crippen molar-refractivity contribution < 1.29 is 19.1 Å². The molecule has 0 aromatic rings. The Bertz CT molecular complexity index is 322. The molecule has 5 nitrogen and oxygen atoms in total. The predicted octanol–water partition coefficient (Wildman–Crippen LogP) is 3.22. The Morgan fingerprint density at radius 2 is 1.75 bits per heavy atom. The van der Waals surface area contributed by atoms with Crippen LogP contribution < -0.4 is 0 Å². The van der Waals surface area contributed by atoms with Gasteiger partial charge < -0.3 is 9.47 Å². The first kappa shape index (κ1) is 18.7. The second-order valence-electron chi connectivity index (χ2n) is 6.02. The van der Waals surface area contributed by atoms with Gasteiger partial charge in [0.1, 0.15) is 11.6 Å². The van der Waals surface area contributed by atoms with E-state index >= 15 is 0 Å². The van der Waals surface area contributed by atoms with Crippen molar-refractivity contribution in [1.82, 2.24) is 4.90 Å². The van der Waals surface area contributed by atoms with E-state index in [4.69, 9.17) is 9.47 Å². The fourth-order valence-electron chi connectivity index (χ4n) is 2.19. The van der Waals surface area contributed by atoms with Gasteiger partial charge in [-0.25, -0.2) is 9.59 Å². The summed E-state index contributed by atoms with van der Waals surface area (Å²) in [5.41, 5.74) is -0.585. The van der Waals surface area contributed by atoms with Crippen LogP contribution in [0, 0.1) is 5.92 Å². The van der Waals surface area contributed by atoms with E-state index in [9.17, 15) is 9.59 Å². The molecule has 1 amide bonds. The molecule has 0 spiro atoms. The molecule has 0 aliphatic rings. The van der Waals surface area contributed by atoms with Gasteiger partial charge in [0.05, 0.1) is 7.11 Å². The Morgan fingerprint density at radius 1 is 1.20 bits per heavy atom. The van der Waals surface area contributed by atoms with Crippen LogP contribution in [0.25, 0.3) is 0 Å². The molecule has 0 rings (SSSR count). The first-order valence-corrected chi connectivity index (χ1v) is 7.21. The number of carbonyl (C=O) groups excluding carboxylic acids is 2. The van der Waals surface area contributed by atoms with Crippen LogP contribution in [-0.2, 0) is 14.3 Å². The van der Waals surface area contributed by atoms with Crippen molar-refractivity contribution in [3.05, 3.63) is 0 Å². The molecule has 2 unspecified atom stereocenters. The summed E-state index contributed by atoms with van der Waals surface area (Å²) in [5.74, 6) is -0.316. The molecule has 0 aromatic carbocycles. The van der Waals surface area contributed by atoms with Gasteiger partial charge in [-0.3, -0.25) is 4.90 Å². The zero-order valence-electron chi connectivity index (χ0n) is 13.9. The highest BCUT2D eigenvalue weighted by molar-refractivity contribution is 5.81. The van der Waals surface area contributed by atoms with Gasteiger partial charge in [0.2, 0.25) is 0 Å². The highest BCUT2D eigenvalue weighted by Gasteiger charge is 2.35. The third-order valence-electron chi connectivity index (χ3n) is 3.17. The number of likely N-dealkylation sites (N-methyl/N-ethyl adjacent to an activating group) is 1. The van der Waals surface area contributed by atoms with Crippen molar-refractivity contribution in [2.45, 2.75) is 65.5 Å². The maximum absolute atomic E-state index is 12.1. The lowest BCUT2D eigenvalue weighted by molar-refractivity contribution is -0.148. The molecule has 0 aliphatic heterocycles. The number of carbonyl (C=O) groups is 2. The lowest BCUT2D eigenvalue weighted by Crippen LogP contribution is -2.49. The van der Waals surface area contributed by atoms with Crippen LogP contribution in [0.1, 0.15) is 53.9 Å². The van der Waals surface area contributed by atoms with Crippen molar-refractivity contribution in [2.75, 3.05) is 14.2 Å². The van der Waals surface area contributed by atoms with Crippen LogP contribution in [0.5, 0.6) is 0 Å². The monoisotopic (exact) mass is 287 g/mol. The van der Waals surface area contributed by atoms with Crippen LogP contribution in [0.2, 0.25) is 0 Å². The number of hydrogen-bond acceptors (Lipinski definition) is 4. The van der Waals surface area contributed by atoms with Crippen molar-refractivity contribution in [3.8, 4) is 0 Å². The minimum Gasteiger partial charge on any atom is -0.467 e. The summed E-state index contributed by atoms with van der Waals surface area (Å²) >= 11 is 0. The Morgan fingerprint density at radius 3 is 2.10 bits per heavy atom. The summed E-state index contributed by atoms with van der Waals surface area (Å²) in [6, 6.07) is -0.597. The SMILES string of the molecule is CCCC(CC)C(C(=O)OC)N(C)C(=O)OC(C)(C)C. The normalized spacial score (nSPS) is 14.3. The Kier molecular flexibility index (Phi) is 7.61. The molecular weight excluding hydrogens is 258 g/mol. The molecule has 0 aliphatic carbocycles. The Hall–Kier alpha value is -1.26. The molecular formula is C15H29NO4. The lowest BCUT2D eigenvalue weighted by atomic mass is 9.91. The van der Waals surface area contributed by atoms with Crippen molar-refractivity contribution in [2.24, 2.45) is 5.92 Å². The molecule has 5 heteroatoms. The second kappa shape index (κ2) is 8.12. The first-order valence-electron chi connectivity index (χ1n) is 7.21. The maximum atomic E-state index is 12.1. The fraction of sp³-hybridized carbons (Fsp3) is 0.867. The number of nitrogens with zero attached hydrogens (tertiary/aromatic N) is 1. The molecule has 0 radical (unpaired) electrons. The summed E-state index contributed by atoms with van der Waals surface area (Å²) in [6.07, 6.45) is 2.13. The standard InChI is InChI=1S/C15H29NO4/c1-8-10-11(9-2)12(13(17)19-7)16(6)14(18)20-15(3,4)5/h11-12H,8-10H2,1-7H3. The zero-order chi connectivity index (χ0) is 15.9. The fourth-order valence-corrected chi connectivity index (χ4v) is 2.19. The summed E-state index contributed by atoms with van der Waals surface area (Å²) in [5, 5.41) is 0. The van der Waals surface area contributed by atoms with Gasteiger partial charge >= 0.3 is 12.1 Å². The van der Waals surface area contributed by atoms with E-state index in [-0.39, 0.29) is 5.92 Å². The minimum absolute atomic E-state index is 0.0740. The average Bonchev–Trinajstić information content (AvgIpc) is 2.35. The van der Waals surface area contributed by atoms with E-state index < -0.39 is 23.7 Å². The van der Waals surface area contributed by atoms with Crippen LogP contribution in [-0.4, -0.2) is 42.8 Å². The van der Waals surface area contributed by atoms with Crippen LogP contribution >= 0.6 is 0 Å². The molecule has 2 atom stereocenters. The quantitative estimate of drug-likeness (QED) is 0.704. The van der Waals surface area contributed by atoms with Gasteiger partial charge in [-0.05, 0) is 33.1 Å². The molecule has 0 fully saturated rings. The molecule has 0 aromatic heterocycles. The minimum atomic E-state index is -0.597. The maximum Gasteiger partial charge on any atom is 0.410 e. The predicted molar refractivity (Wildman–Crippen MR) is 78.5 cm³/mol. The smallest absolute Gasteiger partial charge is 0.410 e. The second-order valence-corrected chi connectivity index (χ2v) is 6.02. The van der Waals surface area contributed by atoms with Gasteiger partial charge in [0.15, 0.2) is 0 Å². The molecule has 0 bridgehead atoms. The van der Waals surface area contributed by atoms with Gasteiger partial charge in [-0.15, -0.1) is 0 Å². The average molecular weight is 287 g/mol. The number of rotatable bonds is 6. The van der Waals surface area contributed by atoms with E-state index in [2.05, 4.69) is 6.92 Å². The van der Waals surface area contributed by atoms with Gasteiger partial charge in [-0.1, -0.05) is 26.7 Å². The van der Waals surface area contributed by atoms with Crippen LogP contribution in [0.15, 0.2) is 0 Å². The number of hydrogen-bond donors (Lipinski definition) is 0. The number of esters is 1. The van der Waals surface area contributed by atoms with Gasteiger partial charge in [-0.2, -0.15) is 0 Å². The van der Waals surface area contributed by atoms with Gasteiger partial charge in [0, 0.05) is 7.05 Å². The third kappa shape index (κ3) is 5.80. The number of methoxy groups -OCH3 is 1. The molecule has 0 N–H and O–H groups in total. The lowest BCUT2D eigenvalue weighted by Gasteiger charge is -2.33. The van der Waals surface area contributed by atoms with Crippen LogP contribution in [0.3, 0.4) is 0 Å². The summed E-state index contributed by atoms with van der Waals surface area (Å²) in [6.45, 7) is 9.48. The van der Waals surface area contributed by atoms with E-state index in [1.54, 1.807) is 27.8 Å². The Balaban J connectivity index is 5.11. The molecule has 0 heterocycles. The highest BCUT2D eigenvalue weighted by atomic mass is 16.6. The summed E-state index contributed by atoms with van der Waals surface area (Å²) in [4.78, 5) is 25.5. The van der Waals surface area contributed by atoms with E-state index in [1.165, 1.54) is 12.0 Å². The molecule has 20 heavy (non-hydrogen) atoms. The third-order valence-corrected chi connectivity index (χ3v) is 3.17. The topological polar surface area (TPSA) is 55.8 Å². The van der Waals surface area contributed by atoms with Crippen molar-refractivity contribution in [1.29, 1.82) is 0 Å². The summed E-state index contributed by atoms with van der Waals surface area (Å²) < 4.78 is 10.2. The largest absolute Gasteiger partial charge is 0.467 e. The summed E-state index contributed by atoms with van der Waals surface area (Å²) in [7, 11) is 2.94.